The Balaban J connectivity index is 2.57. The zero-order valence-electron chi connectivity index (χ0n) is 9.91. The molecule has 0 spiro atoms. The maximum Gasteiger partial charge on any atom is 0.223 e. The van der Waals surface area contributed by atoms with Crippen LogP contribution in [0.2, 0.25) is 0 Å². The van der Waals surface area contributed by atoms with Gasteiger partial charge in [0, 0.05) is 13.0 Å². The van der Waals surface area contributed by atoms with Crippen LogP contribution in [0.15, 0.2) is 0 Å². The lowest BCUT2D eigenvalue weighted by Crippen LogP contribution is -2.42. The third kappa shape index (κ3) is 3.82. The smallest absolute Gasteiger partial charge is 0.223 e. The van der Waals surface area contributed by atoms with Crippen molar-refractivity contribution in [1.82, 2.24) is 4.90 Å². The summed E-state index contributed by atoms with van der Waals surface area (Å²) in [6.45, 7) is 5.06. The van der Waals surface area contributed by atoms with Gasteiger partial charge in [-0.15, -0.1) is 0 Å². The first-order valence-electron chi connectivity index (χ1n) is 6.05. The number of hydrogen-bond donors (Lipinski definition) is 1. The van der Waals surface area contributed by atoms with E-state index in [4.69, 9.17) is 0 Å². The van der Waals surface area contributed by atoms with E-state index < -0.39 is 0 Å². The Hall–Kier alpha value is -0.570. The van der Waals surface area contributed by atoms with Crippen LogP contribution >= 0.6 is 0 Å². The fourth-order valence-electron chi connectivity index (χ4n) is 2.16. The van der Waals surface area contributed by atoms with Gasteiger partial charge in [-0.3, -0.25) is 4.79 Å². The van der Waals surface area contributed by atoms with E-state index in [1.54, 1.807) is 0 Å². The fraction of sp³-hybridized carbons (Fsp3) is 0.917. The van der Waals surface area contributed by atoms with Crippen LogP contribution in [0.3, 0.4) is 0 Å². The summed E-state index contributed by atoms with van der Waals surface area (Å²) in [5.41, 5.74) is 0. The zero-order valence-corrected chi connectivity index (χ0v) is 9.91. The molecule has 1 saturated heterocycles. The van der Waals surface area contributed by atoms with Crippen molar-refractivity contribution < 1.29 is 9.90 Å². The number of nitrogens with zero attached hydrogens (tertiary/aromatic N) is 1. The maximum atomic E-state index is 11.9. The van der Waals surface area contributed by atoms with Crippen molar-refractivity contribution in [2.75, 3.05) is 13.2 Å². The lowest BCUT2D eigenvalue weighted by molar-refractivity contribution is -0.135. The monoisotopic (exact) mass is 213 g/mol. The van der Waals surface area contributed by atoms with Gasteiger partial charge in [0.2, 0.25) is 5.91 Å². The van der Waals surface area contributed by atoms with Crippen molar-refractivity contribution in [3.05, 3.63) is 0 Å². The number of carbonyl (C=O) groups excluding carboxylic acids is 1. The molecule has 15 heavy (non-hydrogen) atoms. The van der Waals surface area contributed by atoms with Crippen LogP contribution < -0.4 is 0 Å². The number of aliphatic hydroxyl groups excluding tert-OH is 1. The average molecular weight is 213 g/mol. The van der Waals surface area contributed by atoms with Gasteiger partial charge in [-0.05, 0) is 18.8 Å². The molecule has 1 fully saturated rings. The highest BCUT2D eigenvalue weighted by Crippen LogP contribution is 2.18. The number of carbonyl (C=O) groups is 1. The average Bonchev–Trinajstić information content (AvgIpc) is 2.40. The second-order valence-electron chi connectivity index (χ2n) is 4.87. The van der Waals surface area contributed by atoms with Gasteiger partial charge >= 0.3 is 0 Å². The molecule has 0 saturated carbocycles. The molecule has 1 N–H and O–H groups in total. The number of likely N-dealkylation sites (tertiary alicyclic amines) is 1. The molecule has 3 nitrogen and oxygen atoms in total. The molecule has 0 bridgehead atoms. The van der Waals surface area contributed by atoms with Crippen molar-refractivity contribution in [3.63, 3.8) is 0 Å². The summed E-state index contributed by atoms with van der Waals surface area (Å²) in [5, 5.41) is 9.28. The van der Waals surface area contributed by atoms with Gasteiger partial charge in [-0.1, -0.05) is 26.7 Å². The predicted octanol–water partition coefficient (Wildman–Crippen LogP) is 1.80. The molecule has 0 aromatic rings. The molecule has 0 aromatic carbocycles. The highest BCUT2D eigenvalue weighted by Gasteiger charge is 2.24. The van der Waals surface area contributed by atoms with Crippen LogP contribution in [0.25, 0.3) is 0 Å². The van der Waals surface area contributed by atoms with Crippen molar-refractivity contribution >= 4 is 5.91 Å². The second kappa shape index (κ2) is 6.11. The number of amides is 1. The van der Waals surface area contributed by atoms with Gasteiger partial charge in [0.05, 0.1) is 12.6 Å². The van der Waals surface area contributed by atoms with E-state index in [1.165, 1.54) is 6.42 Å². The number of aliphatic hydroxyl groups is 1. The lowest BCUT2D eigenvalue weighted by atomic mass is 10.1. The van der Waals surface area contributed by atoms with Crippen LogP contribution in [0.4, 0.5) is 0 Å². The van der Waals surface area contributed by atoms with E-state index in [0.717, 1.165) is 25.8 Å². The topological polar surface area (TPSA) is 40.5 Å². The van der Waals surface area contributed by atoms with Gasteiger partial charge < -0.3 is 10.0 Å². The molecule has 0 aromatic heterocycles. The van der Waals surface area contributed by atoms with Gasteiger partial charge in [0.1, 0.15) is 0 Å². The van der Waals surface area contributed by atoms with Crippen molar-refractivity contribution in [1.29, 1.82) is 0 Å². The van der Waals surface area contributed by atoms with Gasteiger partial charge in [-0.2, -0.15) is 0 Å². The normalized spacial score (nSPS) is 22.9. The third-order valence-corrected chi connectivity index (χ3v) is 2.99. The largest absolute Gasteiger partial charge is 0.394 e. The minimum atomic E-state index is 0.0683. The maximum absolute atomic E-state index is 11.9. The lowest BCUT2D eigenvalue weighted by Gasteiger charge is -2.29. The predicted molar refractivity (Wildman–Crippen MR) is 60.5 cm³/mol. The summed E-state index contributed by atoms with van der Waals surface area (Å²) >= 11 is 0. The first-order valence-corrected chi connectivity index (χ1v) is 6.05. The highest BCUT2D eigenvalue weighted by molar-refractivity contribution is 5.76. The minimum absolute atomic E-state index is 0.0683. The summed E-state index contributed by atoms with van der Waals surface area (Å²) < 4.78 is 0. The number of hydrogen-bond acceptors (Lipinski definition) is 2. The molecular formula is C12H23NO2. The SMILES string of the molecule is CC(C)CC(=O)N1CCCCCC1CO. The molecule has 3 heteroatoms. The Morgan fingerprint density at radius 3 is 2.73 bits per heavy atom. The van der Waals surface area contributed by atoms with E-state index in [1.807, 2.05) is 4.90 Å². The number of rotatable bonds is 3. The molecule has 1 rings (SSSR count). The first-order chi connectivity index (χ1) is 7.15. The Labute approximate surface area is 92.5 Å². The third-order valence-electron chi connectivity index (χ3n) is 2.99. The molecule has 1 aliphatic heterocycles. The summed E-state index contributed by atoms with van der Waals surface area (Å²) in [6, 6.07) is 0.0683. The molecule has 88 valence electrons. The van der Waals surface area contributed by atoms with Gasteiger partial charge in [0.25, 0.3) is 0 Å². The molecule has 1 aliphatic rings. The molecule has 1 atom stereocenters. The summed E-state index contributed by atoms with van der Waals surface area (Å²) in [4.78, 5) is 13.8. The molecule has 0 aliphatic carbocycles. The molecule has 1 amide bonds. The fourth-order valence-corrected chi connectivity index (χ4v) is 2.16. The summed E-state index contributed by atoms with van der Waals surface area (Å²) in [6.07, 6.45) is 4.97. The van der Waals surface area contributed by atoms with Crippen LogP contribution in [0.1, 0.15) is 46.0 Å². The van der Waals surface area contributed by atoms with E-state index in [2.05, 4.69) is 13.8 Å². The Kier molecular flexibility index (Phi) is 5.09. The summed E-state index contributed by atoms with van der Waals surface area (Å²) in [7, 11) is 0. The Morgan fingerprint density at radius 2 is 2.13 bits per heavy atom. The Morgan fingerprint density at radius 1 is 1.40 bits per heavy atom. The first kappa shape index (κ1) is 12.5. The summed E-state index contributed by atoms with van der Waals surface area (Å²) in [5.74, 6) is 0.617. The molecule has 1 unspecified atom stereocenters. The van der Waals surface area contributed by atoms with Crippen molar-refractivity contribution in [2.24, 2.45) is 5.92 Å². The molecule has 1 heterocycles. The van der Waals surface area contributed by atoms with Gasteiger partial charge in [0.15, 0.2) is 0 Å². The Bertz CT molecular complexity index is 204. The molecule has 0 radical (unpaired) electrons. The standard InChI is InChI=1S/C12H23NO2/c1-10(2)8-12(15)13-7-5-3-4-6-11(13)9-14/h10-11,14H,3-9H2,1-2H3. The van der Waals surface area contributed by atoms with Gasteiger partial charge in [-0.25, -0.2) is 0 Å². The van der Waals surface area contributed by atoms with E-state index in [0.29, 0.717) is 12.3 Å². The quantitative estimate of drug-likeness (QED) is 0.776. The van der Waals surface area contributed by atoms with Crippen LogP contribution in [0.5, 0.6) is 0 Å². The van der Waals surface area contributed by atoms with E-state index >= 15 is 0 Å². The van der Waals surface area contributed by atoms with E-state index in [9.17, 15) is 9.90 Å². The van der Waals surface area contributed by atoms with Crippen LogP contribution in [-0.2, 0) is 4.79 Å². The highest BCUT2D eigenvalue weighted by atomic mass is 16.3. The zero-order chi connectivity index (χ0) is 11.3. The van der Waals surface area contributed by atoms with E-state index in [-0.39, 0.29) is 18.6 Å². The van der Waals surface area contributed by atoms with Crippen LogP contribution in [-0.4, -0.2) is 35.1 Å². The molecular weight excluding hydrogens is 190 g/mol. The van der Waals surface area contributed by atoms with Crippen LogP contribution in [0, 0.1) is 5.92 Å². The van der Waals surface area contributed by atoms with Crippen molar-refractivity contribution in [2.45, 2.75) is 52.0 Å². The second-order valence-corrected chi connectivity index (χ2v) is 4.87. The minimum Gasteiger partial charge on any atom is -0.394 e. The van der Waals surface area contributed by atoms with Crippen molar-refractivity contribution in [3.8, 4) is 0 Å².